The fraction of sp³-hybridized carbons (Fsp3) is 0. The van der Waals surface area contributed by atoms with E-state index in [9.17, 15) is 4.79 Å². The van der Waals surface area contributed by atoms with E-state index in [0.29, 0.717) is 0 Å². The summed E-state index contributed by atoms with van der Waals surface area (Å²) in [4.78, 5) is 12.3. The molecule has 0 saturated heterocycles. The second kappa shape index (κ2) is 7.51. The fourth-order valence-corrected chi connectivity index (χ4v) is 5.81. The number of rotatable bonds is 4. The smallest absolute Gasteiger partial charge is 0.255 e. The van der Waals surface area contributed by atoms with E-state index in [-0.39, 0.29) is 17.1 Å². The van der Waals surface area contributed by atoms with Gasteiger partial charge < -0.3 is 0 Å². The molecule has 0 fully saturated rings. The molecule has 0 bridgehead atoms. The van der Waals surface area contributed by atoms with Gasteiger partial charge in [0.05, 0.1) is 0 Å². The van der Waals surface area contributed by atoms with Gasteiger partial charge in [-0.25, -0.2) is 0 Å². The van der Waals surface area contributed by atoms with Crippen LogP contribution in [0.2, 0.25) is 0 Å². The molecule has 22 heavy (non-hydrogen) atoms. The third-order valence-corrected chi connectivity index (χ3v) is 7.30. The molecule has 0 aliphatic carbocycles. The number of hydrogen-bond donors (Lipinski definition) is 0. The molecular formula is C19H16FeOP+. The average Bonchev–Trinajstić information content (AvgIpc) is 2.59. The standard InChI is InChI=1S/C19H16OP.Fe/c20-16-21(17-10-4-1-5-11-17,18-12-6-2-7-13-18)19-14-8-3-9-15-19;/h1-16H;/q+1;. The summed E-state index contributed by atoms with van der Waals surface area (Å²) < 4.78 is 0. The molecule has 0 aromatic heterocycles. The summed E-state index contributed by atoms with van der Waals surface area (Å²) in [7, 11) is -2.21. The Morgan fingerprint density at radius 1 is 0.545 bits per heavy atom. The van der Waals surface area contributed by atoms with Gasteiger partial charge in [0.1, 0.15) is 15.9 Å². The Morgan fingerprint density at radius 3 is 1.05 bits per heavy atom. The SMILES string of the molecule is O=C[P+](c1ccccc1)(c1ccccc1)c1ccccc1.[Fe]. The van der Waals surface area contributed by atoms with Crippen LogP contribution in [0.5, 0.6) is 0 Å². The van der Waals surface area contributed by atoms with Crippen LogP contribution < -0.4 is 15.9 Å². The summed E-state index contributed by atoms with van der Waals surface area (Å²) in [6, 6.07) is 31.5. The molecule has 0 saturated carbocycles. The molecule has 1 nitrogen and oxygen atoms in total. The third-order valence-electron chi connectivity index (χ3n) is 3.65. The van der Waals surface area contributed by atoms with Crippen LogP contribution in [0.1, 0.15) is 0 Å². The monoisotopic (exact) mass is 347 g/mol. The van der Waals surface area contributed by atoms with Crippen molar-refractivity contribution in [1.29, 1.82) is 0 Å². The van der Waals surface area contributed by atoms with Crippen LogP contribution in [0.4, 0.5) is 0 Å². The van der Waals surface area contributed by atoms with Gasteiger partial charge in [-0.3, -0.25) is 4.79 Å². The summed E-state index contributed by atoms with van der Waals surface area (Å²) in [5.41, 5.74) is 0. The maximum absolute atomic E-state index is 12.3. The molecule has 110 valence electrons. The van der Waals surface area contributed by atoms with Crippen molar-refractivity contribution in [2.45, 2.75) is 0 Å². The minimum atomic E-state index is -2.21. The molecule has 0 unspecified atom stereocenters. The summed E-state index contributed by atoms with van der Waals surface area (Å²) in [5, 5.41) is 3.28. The van der Waals surface area contributed by atoms with E-state index in [1.807, 2.05) is 54.6 Å². The second-order valence-corrected chi connectivity index (χ2v) is 8.04. The molecular weight excluding hydrogens is 331 g/mol. The minimum Gasteiger partial charge on any atom is -0.255 e. The van der Waals surface area contributed by atoms with Crippen molar-refractivity contribution in [1.82, 2.24) is 0 Å². The molecule has 3 aromatic carbocycles. The number of carbonyl (C=O) groups is 1. The van der Waals surface area contributed by atoms with Crippen LogP contribution in [0.3, 0.4) is 0 Å². The molecule has 0 amide bonds. The van der Waals surface area contributed by atoms with Crippen molar-refractivity contribution in [3.8, 4) is 0 Å². The topological polar surface area (TPSA) is 17.1 Å². The Hall–Kier alpha value is -1.72. The fourth-order valence-electron chi connectivity index (χ4n) is 2.62. The number of carbonyl (C=O) groups excluding carboxylic acids is 1. The van der Waals surface area contributed by atoms with Crippen molar-refractivity contribution < 1.29 is 21.9 Å². The van der Waals surface area contributed by atoms with Gasteiger partial charge in [0.2, 0.25) is 0 Å². The largest absolute Gasteiger partial charge is 0.271 e. The zero-order valence-electron chi connectivity index (χ0n) is 11.9. The number of hydrogen-bond acceptors (Lipinski definition) is 1. The first-order valence-electron chi connectivity index (χ1n) is 6.90. The Bertz CT molecular complexity index is 618. The van der Waals surface area contributed by atoms with Gasteiger partial charge in [-0.05, 0) is 36.4 Å². The average molecular weight is 347 g/mol. The zero-order valence-corrected chi connectivity index (χ0v) is 13.9. The maximum Gasteiger partial charge on any atom is 0.271 e. The van der Waals surface area contributed by atoms with E-state index in [0.717, 1.165) is 21.9 Å². The van der Waals surface area contributed by atoms with Crippen molar-refractivity contribution in [3.63, 3.8) is 0 Å². The first kappa shape index (κ1) is 16.6. The maximum atomic E-state index is 12.3. The predicted octanol–water partition coefficient (Wildman–Crippen LogP) is 3.17. The van der Waals surface area contributed by atoms with Gasteiger partial charge in [0.15, 0.2) is 7.26 Å². The van der Waals surface area contributed by atoms with Crippen molar-refractivity contribution in [2.75, 3.05) is 0 Å². The molecule has 3 aromatic rings. The van der Waals surface area contributed by atoms with Gasteiger partial charge in [0.25, 0.3) is 6.03 Å². The molecule has 0 N–H and O–H groups in total. The van der Waals surface area contributed by atoms with Gasteiger partial charge >= 0.3 is 0 Å². The van der Waals surface area contributed by atoms with Gasteiger partial charge in [-0.15, -0.1) is 0 Å². The molecule has 0 aliphatic heterocycles. The van der Waals surface area contributed by atoms with E-state index in [2.05, 4.69) is 36.4 Å². The first-order chi connectivity index (χ1) is 10.4. The van der Waals surface area contributed by atoms with E-state index < -0.39 is 7.26 Å². The van der Waals surface area contributed by atoms with E-state index >= 15 is 0 Å². The second-order valence-electron chi connectivity index (χ2n) is 4.83. The Balaban J connectivity index is 0.00000176. The van der Waals surface area contributed by atoms with Crippen LogP contribution in [-0.2, 0) is 21.9 Å². The predicted molar refractivity (Wildman–Crippen MR) is 91.9 cm³/mol. The molecule has 3 rings (SSSR count). The Labute approximate surface area is 142 Å². The van der Waals surface area contributed by atoms with Crippen LogP contribution >= 0.6 is 7.26 Å². The Kier molecular flexibility index (Phi) is 5.69. The van der Waals surface area contributed by atoms with Gasteiger partial charge in [-0.1, -0.05) is 54.6 Å². The summed E-state index contributed by atoms with van der Waals surface area (Å²) in [6.45, 7) is 0. The third kappa shape index (κ3) is 2.91. The molecule has 0 aliphatic rings. The van der Waals surface area contributed by atoms with Crippen LogP contribution in [0.25, 0.3) is 0 Å². The molecule has 0 heterocycles. The number of benzene rings is 3. The van der Waals surface area contributed by atoms with Gasteiger partial charge in [0, 0.05) is 17.1 Å². The van der Waals surface area contributed by atoms with Gasteiger partial charge in [-0.2, -0.15) is 0 Å². The molecule has 0 spiro atoms. The van der Waals surface area contributed by atoms with E-state index in [4.69, 9.17) is 0 Å². The van der Waals surface area contributed by atoms with Crippen LogP contribution in [0, 0.1) is 0 Å². The molecule has 0 atom stereocenters. The summed E-state index contributed by atoms with van der Waals surface area (Å²) in [5.74, 6) is 0. The summed E-state index contributed by atoms with van der Waals surface area (Å²) in [6.07, 6.45) is 0. The quantitative estimate of drug-likeness (QED) is 0.403. The van der Waals surface area contributed by atoms with Crippen LogP contribution in [0.15, 0.2) is 91.0 Å². The van der Waals surface area contributed by atoms with Crippen molar-refractivity contribution in [3.05, 3.63) is 91.0 Å². The van der Waals surface area contributed by atoms with Crippen LogP contribution in [-0.4, -0.2) is 6.03 Å². The summed E-state index contributed by atoms with van der Waals surface area (Å²) >= 11 is 0. The van der Waals surface area contributed by atoms with Crippen molar-refractivity contribution in [2.24, 2.45) is 0 Å². The zero-order chi connectivity index (χ0) is 14.5. The first-order valence-corrected chi connectivity index (χ1v) is 8.75. The Morgan fingerprint density at radius 2 is 0.818 bits per heavy atom. The van der Waals surface area contributed by atoms with E-state index in [1.165, 1.54) is 0 Å². The van der Waals surface area contributed by atoms with Crippen molar-refractivity contribution >= 4 is 29.2 Å². The normalized spacial score (nSPS) is 10.5. The minimum absolute atomic E-state index is 0. The van der Waals surface area contributed by atoms with E-state index in [1.54, 1.807) is 0 Å². The molecule has 0 radical (unpaired) electrons. The molecule has 3 heteroatoms.